The molecule has 0 saturated heterocycles. The van der Waals surface area contributed by atoms with Crippen LogP contribution in [0.5, 0.6) is 0 Å². The maximum absolute atomic E-state index is 13.1. The van der Waals surface area contributed by atoms with Gasteiger partial charge in [-0.3, -0.25) is 14.9 Å². The van der Waals surface area contributed by atoms with Gasteiger partial charge < -0.3 is 4.42 Å². The number of non-ortho nitro benzene ring substituents is 1. The number of nitro groups is 1. The number of rotatable bonds is 5. The third-order valence-corrected chi connectivity index (χ3v) is 3.43. The Morgan fingerprint density at radius 1 is 1.15 bits per heavy atom. The van der Waals surface area contributed by atoms with Gasteiger partial charge in [0.25, 0.3) is 11.6 Å². The molecular formula is C18H12FN3O4. The van der Waals surface area contributed by atoms with Crippen molar-refractivity contribution in [1.82, 2.24) is 5.43 Å². The van der Waals surface area contributed by atoms with Crippen LogP contribution in [-0.2, 0) is 0 Å². The SMILES string of the molecule is O=C(NN=Cc1ccc(-c2ccc([N+](=O)[O-])cc2)o1)c1cccc(F)c1. The molecule has 2 aromatic carbocycles. The van der Waals surface area contributed by atoms with Crippen molar-refractivity contribution >= 4 is 17.8 Å². The van der Waals surface area contributed by atoms with Crippen molar-refractivity contribution in [2.75, 3.05) is 0 Å². The Labute approximate surface area is 146 Å². The van der Waals surface area contributed by atoms with Gasteiger partial charge in [-0.1, -0.05) is 6.07 Å². The van der Waals surface area contributed by atoms with Crippen LogP contribution in [0.2, 0.25) is 0 Å². The lowest BCUT2D eigenvalue weighted by atomic mass is 10.1. The molecule has 0 saturated carbocycles. The minimum Gasteiger partial charge on any atom is -0.455 e. The van der Waals surface area contributed by atoms with Gasteiger partial charge in [0.15, 0.2) is 0 Å². The topological polar surface area (TPSA) is 97.7 Å². The molecule has 0 atom stereocenters. The number of carbonyl (C=O) groups is 1. The number of benzene rings is 2. The number of halogens is 1. The summed E-state index contributed by atoms with van der Waals surface area (Å²) in [7, 11) is 0. The quantitative estimate of drug-likeness (QED) is 0.429. The zero-order valence-electron chi connectivity index (χ0n) is 13.3. The summed E-state index contributed by atoms with van der Waals surface area (Å²) < 4.78 is 18.6. The molecule has 1 N–H and O–H groups in total. The number of nitrogens with zero attached hydrogens (tertiary/aromatic N) is 2. The summed E-state index contributed by atoms with van der Waals surface area (Å²) in [4.78, 5) is 22.0. The fraction of sp³-hybridized carbons (Fsp3) is 0. The third kappa shape index (κ3) is 3.99. The summed E-state index contributed by atoms with van der Waals surface area (Å²) in [5.74, 6) is -0.195. The summed E-state index contributed by atoms with van der Waals surface area (Å²) in [6, 6.07) is 14.5. The monoisotopic (exact) mass is 353 g/mol. The van der Waals surface area contributed by atoms with Gasteiger partial charge >= 0.3 is 0 Å². The Kier molecular flexibility index (Phi) is 4.84. The molecule has 3 rings (SSSR count). The maximum atomic E-state index is 13.1. The van der Waals surface area contributed by atoms with Crippen LogP contribution in [-0.4, -0.2) is 17.0 Å². The molecular weight excluding hydrogens is 341 g/mol. The standard InChI is InChI=1S/C18H12FN3O4/c19-14-3-1-2-13(10-14)18(23)21-20-11-16-8-9-17(26-16)12-4-6-15(7-5-12)22(24)25/h1-11H,(H,21,23). The van der Waals surface area contributed by atoms with Gasteiger partial charge in [-0.25, -0.2) is 9.82 Å². The highest BCUT2D eigenvalue weighted by atomic mass is 19.1. The number of carbonyl (C=O) groups excluding carboxylic acids is 1. The highest BCUT2D eigenvalue weighted by Gasteiger charge is 2.08. The van der Waals surface area contributed by atoms with Gasteiger partial charge in [0.05, 0.1) is 11.1 Å². The molecule has 0 aliphatic carbocycles. The lowest BCUT2D eigenvalue weighted by Gasteiger charge is -1.99. The third-order valence-electron chi connectivity index (χ3n) is 3.43. The molecule has 7 nitrogen and oxygen atoms in total. The van der Waals surface area contributed by atoms with Crippen molar-refractivity contribution in [3.05, 3.63) is 87.9 Å². The first kappa shape index (κ1) is 17.0. The van der Waals surface area contributed by atoms with Crippen LogP contribution in [0.4, 0.5) is 10.1 Å². The van der Waals surface area contributed by atoms with E-state index in [9.17, 15) is 19.3 Å². The van der Waals surface area contributed by atoms with Crippen LogP contribution in [0.15, 0.2) is 70.2 Å². The number of hydrogen-bond donors (Lipinski definition) is 1. The zero-order chi connectivity index (χ0) is 18.5. The van der Waals surface area contributed by atoms with E-state index in [2.05, 4.69) is 10.5 Å². The molecule has 0 spiro atoms. The summed E-state index contributed by atoms with van der Waals surface area (Å²) in [5.41, 5.74) is 3.07. The molecule has 0 aliphatic heterocycles. The molecule has 8 heteroatoms. The summed E-state index contributed by atoms with van der Waals surface area (Å²) in [6.45, 7) is 0. The molecule has 0 fully saturated rings. The summed E-state index contributed by atoms with van der Waals surface area (Å²) in [6.07, 6.45) is 1.30. The minimum absolute atomic E-state index is 0.0119. The summed E-state index contributed by atoms with van der Waals surface area (Å²) >= 11 is 0. The first-order valence-corrected chi connectivity index (χ1v) is 7.46. The fourth-order valence-corrected chi connectivity index (χ4v) is 2.17. The van der Waals surface area contributed by atoms with Gasteiger partial charge in [0.2, 0.25) is 0 Å². The Hall–Kier alpha value is -3.81. The molecule has 1 heterocycles. The summed E-state index contributed by atoms with van der Waals surface area (Å²) in [5, 5.41) is 14.4. The van der Waals surface area contributed by atoms with Gasteiger partial charge in [0.1, 0.15) is 17.3 Å². The van der Waals surface area contributed by atoms with E-state index in [-0.39, 0.29) is 11.3 Å². The minimum atomic E-state index is -0.553. The Morgan fingerprint density at radius 3 is 2.62 bits per heavy atom. The second kappa shape index (κ2) is 7.39. The molecule has 26 heavy (non-hydrogen) atoms. The van der Waals surface area contributed by atoms with Gasteiger partial charge in [-0.2, -0.15) is 5.10 Å². The highest BCUT2D eigenvalue weighted by molar-refractivity contribution is 5.94. The predicted molar refractivity (Wildman–Crippen MR) is 92.3 cm³/mol. The predicted octanol–water partition coefficient (Wildman–Crippen LogP) is 3.76. The van der Waals surface area contributed by atoms with Crippen LogP contribution < -0.4 is 5.43 Å². The van der Waals surface area contributed by atoms with E-state index < -0.39 is 16.6 Å². The first-order chi connectivity index (χ1) is 12.5. The van der Waals surface area contributed by atoms with Crippen molar-refractivity contribution in [1.29, 1.82) is 0 Å². The lowest BCUT2D eigenvalue weighted by Crippen LogP contribution is -2.17. The smallest absolute Gasteiger partial charge is 0.271 e. The molecule has 130 valence electrons. The average Bonchev–Trinajstić information content (AvgIpc) is 3.10. The number of nitro benzene ring substituents is 1. The molecule has 0 aliphatic rings. The molecule has 0 unspecified atom stereocenters. The van der Waals surface area contributed by atoms with Crippen LogP contribution in [0.25, 0.3) is 11.3 Å². The second-order valence-corrected chi connectivity index (χ2v) is 5.22. The zero-order valence-corrected chi connectivity index (χ0v) is 13.3. The Balaban J connectivity index is 1.65. The molecule has 1 aromatic heterocycles. The molecule has 3 aromatic rings. The Bertz CT molecular complexity index is 980. The number of hydrogen-bond acceptors (Lipinski definition) is 5. The lowest BCUT2D eigenvalue weighted by molar-refractivity contribution is -0.384. The second-order valence-electron chi connectivity index (χ2n) is 5.22. The van der Waals surface area contributed by atoms with E-state index in [0.29, 0.717) is 17.1 Å². The number of nitrogens with one attached hydrogen (secondary N) is 1. The van der Waals surface area contributed by atoms with Crippen molar-refractivity contribution in [3.63, 3.8) is 0 Å². The van der Waals surface area contributed by atoms with Crippen LogP contribution in [0, 0.1) is 15.9 Å². The van der Waals surface area contributed by atoms with Crippen molar-refractivity contribution in [2.24, 2.45) is 5.10 Å². The maximum Gasteiger partial charge on any atom is 0.271 e. The average molecular weight is 353 g/mol. The van der Waals surface area contributed by atoms with E-state index in [0.717, 1.165) is 6.07 Å². The van der Waals surface area contributed by atoms with E-state index >= 15 is 0 Å². The normalized spacial score (nSPS) is 10.8. The Morgan fingerprint density at radius 2 is 1.92 bits per heavy atom. The largest absolute Gasteiger partial charge is 0.455 e. The first-order valence-electron chi connectivity index (χ1n) is 7.46. The van der Waals surface area contributed by atoms with Crippen molar-refractivity contribution in [3.8, 4) is 11.3 Å². The van der Waals surface area contributed by atoms with Gasteiger partial charge in [-0.05, 0) is 42.5 Å². The van der Waals surface area contributed by atoms with E-state index in [1.54, 1.807) is 24.3 Å². The molecule has 0 radical (unpaired) electrons. The van der Waals surface area contributed by atoms with Gasteiger partial charge in [-0.15, -0.1) is 0 Å². The fourth-order valence-electron chi connectivity index (χ4n) is 2.17. The van der Waals surface area contributed by atoms with Crippen molar-refractivity contribution in [2.45, 2.75) is 0 Å². The molecule has 0 bridgehead atoms. The highest BCUT2D eigenvalue weighted by Crippen LogP contribution is 2.23. The van der Waals surface area contributed by atoms with E-state index in [1.807, 2.05) is 0 Å². The van der Waals surface area contributed by atoms with Crippen LogP contribution in [0.1, 0.15) is 16.1 Å². The van der Waals surface area contributed by atoms with Gasteiger partial charge in [0, 0.05) is 23.3 Å². The van der Waals surface area contributed by atoms with Crippen LogP contribution >= 0.6 is 0 Å². The number of hydrazone groups is 1. The van der Waals surface area contributed by atoms with E-state index in [4.69, 9.17) is 4.42 Å². The van der Waals surface area contributed by atoms with Crippen LogP contribution in [0.3, 0.4) is 0 Å². The number of amides is 1. The van der Waals surface area contributed by atoms with E-state index in [1.165, 1.54) is 36.5 Å². The van der Waals surface area contributed by atoms with Crippen molar-refractivity contribution < 1.29 is 18.5 Å². The number of furan rings is 1. The molecule has 1 amide bonds.